The molecule has 2 rings (SSSR count). The normalized spacial score (nSPS) is 24.7. The second-order valence-electron chi connectivity index (χ2n) is 3.62. The molecule has 0 aliphatic heterocycles. The van der Waals surface area contributed by atoms with E-state index in [0.29, 0.717) is 6.61 Å². The Morgan fingerprint density at radius 2 is 2.57 bits per heavy atom. The van der Waals surface area contributed by atoms with Crippen LogP contribution in [0.3, 0.4) is 0 Å². The van der Waals surface area contributed by atoms with Crippen molar-refractivity contribution in [2.45, 2.75) is 19.3 Å². The SMILES string of the molecule is CCOC(=O)C1CC1c1ccn(C)n1. The van der Waals surface area contributed by atoms with Crippen LogP contribution in [0.5, 0.6) is 0 Å². The van der Waals surface area contributed by atoms with Gasteiger partial charge in [0.2, 0.25) is 0 Å². The molecule has 2 atom stereocenters. The van der Waals surface area contributed by atoms with Gasteiger partial charge < -0.3 is 4.74 Å². The maximum atomic E-state index is 11.3. The molecule has 0 N–H and O–H groups in total. The highest BCUT2D eigenvalue weighted by Gasteiger charge is 2.46. The summed E-state index contributed by atoms with van der Waals surface area (Å²) in [4.78, 5) is 11.3. The van der Waals surface area contributed by atoms with Crippen molar-refractivity contribution >= 4 is 5.97 Å². The quantitative estimate of drug-likeness (QED) is 0.676. The van der Waals surface area contributed by atoms with Gasteiger partial charge in [0, 0.05) is 19.2 Å². The van der Waals surface area contributed by atoms with Crippen LogP contribution in [0.2, 0.25) is 0 Å². The van der Waals surface area contributed by atoms with Crippen molar-refractivity contribution in [1.29, 1.82) is 0 Å². The van der Waals surface area contributed by atoms with Gasteiger partial charge in [-0.3, -0.25) is 9.48 Å². The van der Waals surface area contributed by atoms with E-state index >= 15 is 0 Å². The largest absolute Gasteiger partial charge is 0.466 e. The Hall–Kier alpha value is -1.32. The number of rotatable bonds is 3. The third kappa shape index (κ3) is 1.64. The van der Waals surface area contributed by atoms with Crippen LogP contribution in [0.15, 0.2) is 12.3 Å². The summed E-state index contributed by atoms with van der Waals surface area (Å²) in [5, 5.41) is 4.27. The molecule has 2 unspecified atom stereocenters. The summed E-state index contributed by atoms with van der Waals surface area (Å²) in [6.07, 6.45) is 2.78. The summed E-state index contributed by atoms with van der Waals surface area (Å²) in [5.41, 5.74) is 1.01. The summed E-state index contributed by atoms with van der Waals surface area (Å²) >= 11 is 0. The molecule has 1 saturated carbocycles. The minimum absolute atomic E-state index is 0.0462. The lowest BCUT2D eigenvalue weighted by atomic mass is 10.2. The summed E-state index contributed by atoms with van der Waals surface area (Å²) in [6.45, 7) is 2.29. The van der Waals surface area contributed by atoms with Gasteiger partial charge >= 0.3 is 5.97 Å². The molecular formula is C10H14N2O2. The minimum Gasteiger partial charge on any atom is -0.466 e. The van der Waals surface area contributed by atoms with Crippen LogP contribution in [0, 0.1) is 5.92 Å². The molecule has 1 aromatic heterocycles. The first-order valence-electron chi connectivity index (χ1n) is 4.88. The maximum Gasteiger partial charge on any atom is 0.309 e. The first-order valence-corrected chi connectivity index (χ1v) is 4.88. The van der Waals surface area contributed by atoms with Crippen molar-refractivity contribution in [3.63, 3.8) is 0 Å². The molecule has 14 heavy (non-hydrogen) atoms. The Morgan fingerprint density at radius 3 is 3.14 bits per heavy atom. The smallest absolute Gasteiger partial charge is 0.309 e. The Bertz CT molecular complexity index is 346. The number of carbonyl (C=O) groups is 1. The molecule has 76 valence electrons. The van der Waals surface area contributed by atoms with E-state index in [9.17, 15) is 4.79 Å². The Morgan fingerprint density at radius 1 is 1.79 bits per heavy atom. The lowest BCUT2D eigenvalue weighted by Gasteiger charge is -1.98. The highest BCUT2D eigenvalue weighted by molar-refractivity contribution is 5.77. The number of ether oxygens (including phenoxy) is 1. The standard InChI is InChI=1S/C10H14N2O2/c1-3-14-10(13)8-6-7(8)9-4-5-12(2)11-9/h4-5,7-8H,3,6H2,1-2H3. The van der Waals surface area contributed by atoms with Crippen LogP contribution >= 0.6 is 0 Å². The molecule has 0 aromatic carbocycles. The monoisotopic (exact) mass is 194 g/mol. The molecule has 1 aromatic rings. The van der Waals surface area contributed by atoms with Crippen LogP contribution in [-0.2, 0) is 16.6 Å². The highest BCUT2D eigenvalue weighted by Crippen LogP contribution is 2.47. The minimum atomic E-state index is -0.0804. The Labute approximate surface area is 82.9 Å². The van der Waals surface area contributed by atoms with Gasteiger partial charge in [-0.2, -0.15) is 5.10 Å². The number of aromatic nitrogens is 2. The van der Waals surface area contributed by atoms with Crippen molar-refractivity contribution < 1.29 is 9.53 Å². The van der Waals surface area contributed by atoms with Crippen LogP contribution in [0.25, 0.3) is 0 Å². The van der Waals surface area contributed by atoms with Gasteiger partial charge in [0.1, 0.15) is 0 Å². The summed E-state index contributed by atoms with van der Waals surface area (Å²) in [6, 6.07) is 1.96. The number of carbonyl (C=O) groups excluding carboxylic acids is 1. The third-order valence-corrected chi connectivity index (χ3v) is 2.49. The van der Waals surface area contributed by atoms with Crippen molar-refractivity contribution in [1.82, 2.24) is 9.78 Å². The summed E-state index contributed by atoms with van der Waals surface area (Å²) in [7, 11) is 1.88. The molecule has 0 spiro atoms. The number of aryl methyl sites for hydroxylation is 1. The van der Waals surface area contributed by atoms with Crippen molar-refractivity contribution in [3.8, 4) is 0 Å². The molecule has 4 nitrogen and oxygen atoms in total. The first kappa shape index (κ1) is 9.24. The average Bonchev–Trinajstić information content (AvgIpc) is 2.84. The van der Waals surface area contributed by atoms with Crippen molar-refractivity contribution in [3.05, 3.63) is 18.0 Å². The molecular weight excluding hydrogens is 180 g/mol. The van der Waals surface area contributed by atoms with E-state index in [1.54, 1.807) is 4.68 Å². The molecule has 0 bridgehead atoms. The van der Waals surface area contributed by atoms with Gasteiger partial charge in [-0.1, -0.05) is 0 Å². The lowest BCUT2D eigenvalue weighted by molar-refractivity contribution is -0.144. The molecule has 0 amide bonds. The van der Waals surface area contributed by atoms with E-state index in [0.717, 1.165) is 12.1 Å². The molecule has 4 heteroatoms. The zero-order valence-corrected chi connectivity index (χ0v) is 8.43. The second kappa shape index (κ2) is 3.44. The first-order chi connectivity index (χ1) is 6.72. The molecule has 1 heterocycles. The Kier molecular flexibility index (Phi) is 2.27. The number of esters is 1. The Balaban J connectivity index is 1.96. The predicted molar refractivity (Wildman–Crippen MR) is 50.7 cm³/mol. The van der Waals surface area contributed by atoms with Crippen LogP contribution in [0.1, 0.15) is 25.0 Å². The summed E-state index contributed by atoms with van der Waals surface area (Å²) < 4.78 is 6.71. The van der Waals surface area contributed by atoms with E-state index in [1.165, 1.54) is 0 Å². The summed E-state index contributed by atoms with van der Waals surface area (Å²) in [5.74, 6) is 0.253. The van der Waals surface area contributed by atoms with Gasteiger partial charge in [0.15, 0.2) is 0 Å². The molecule has 0 radical (unpaired) electrons. The third-order valence-electron chi connectivity index (χ3n) is 2.49. The van der Waals surface area contributed by atoms with Crippen LogP contribution in [-0.4, -0.2) is 22.4 Å². The fraction of sp³-hybridized carbons (Fsp3) is 0.600. The number of hydrogen-bond acceptors (Lipinski definition) is 3. The molecule has 1 aliphatic rings. The van der Waals surface area contributed by atoms with E-state index in [4.69, 9.17) is 4.74 Å². The number of hydrogen-bond donors (Lipinski definition) is 0. The maximum absolute atomic E-state index is 11.3. The number of nitrogens with zero attached hydrogens (tertiary/aromatic N) is 2. The molecule has 1 aliphatic carbocycles. The van der Waals surface area contributed by atoms with Gasteiger partial charge in [-0.05, 0) is 19.4 Å². The van der Waals surface area contributed by atoms with Gasteiger partial charge in [-0.15, -0.1) is 0 Å². The predicted octanol–water partition coefficient (Wildman–Crippen LogP) is 1.09. The molecule has 1 fully saturated rings. The zero-order valence-electron chi connectivity index (χ0n) is 8.43. The highest BCUT2D eigenvalue weighted by atomic mass is 16.5. The van der Waals surface area contributed by atoms with Crippen LogP contribution in [0.4, 0.5) is 0 Å². The van der Waals surface area contributed by atoms with E-state index in [-0.39, 0.29) is 17.8 Å². The van der Waals surface area contributed by atoms with E-state index < -0.39 is 0 Å². The van der Waals surface area contributed by atoms with Crippen LogP contribution < -0.4 is 0 Å². The fourth-order valence-corrected chi connectivity index (χ4v) is 1.66. The second-order valence-corrected chi connectivity index (χ2v) is 3.62. The van der Waals surface area contributed by atoms with Gasteiger partial charge in [0.25, 0.3) is 0 Å². The zero-order chi connectivity index (χ0) is 10.1. The topological polar surface area (TPSA) is 44.1 Å². The van der Waals surface area contributed by atoms with Crippen molar-refractivity contribution in [2.24, 2.45) is 13.0 Å². The lowest BCUT2D eigenvalue weighted by Crippen LogP contribution is -2.07. The van der Waals surface area contributed by atoms with E-state index in [2.05, 4.69) is 5.10 Å². The van der Waals surface area contributed by atoms with Gasteiger partial charge in [0.05, 0.1) is 18.2 Å². The van der Waals surface area contributed by atoms with E-state index in [1.807, 2.05) is 26.2 Å². The van der Waals surface area contributed by atoms with Gasteiger partial charge in [-0.25, -0.2) is 0 Å². The fourth-order valence-electron chi connectivity index (χ4n) is 1.66. The van der Waals surface area contributed by atoms with Crippen molar-refractivity contribution in [2.75, 3.05) is 6.61 Å². The average molecular weight is 194 g/mol. The molecule has 0 saturated heterocycles.